The van der Waals surface area contributed by atoms with E-state index in [1.54, 1.807) is 17.6 Å². The second kappa shape index (κ2) is 6.72. The number of aliphatic hydroxyl groups excluding tert-OH is 1. The maximum Gasteiger partial charge on any atom is 0.343 e. The van der Waals surface area contributed by atoms with Crippen molar-refractivity contribution in [3.8, 4) is 11.4 Å². The van der Waals surface area contributed by atoms with E-state index in [-0.39, 0.29) is 31.7 Å². The van der Waals surface area contributed by atoms with Gasteiger partial charge in [-0.2, -0.15) is 0 Å². The number of hydrogen-bond donors (Lipinski definition) is 2. The lowest BCUT2D eigenvalue weighted by atomic mass is 9.86. The average Bonchev–Trinajstić information content (AvgIpc) is 3.18. The molecular formula is C24H22N4O5. The number of nitrogens with zero attached hydrogens (tertiary/aromatic N) is 4. The second-order valence-electron chi connectivity index (χ2n) is 8.60. The van der Waals surface area contributed by atoms with Crippen molar-refractivity contribution in [2.75, 3.05) is 18.1 Å². The fraction of sp³-hybridized carbons (Fsp3) is 0.333. The third kappa shape index (κ3) is 2.49. The Morgan fingerprint density at radius 1 is 1.24 bits per heavy atom. The van der Waals surface area contributed by atoms with Gasteiger partial charge in [-0.1, -0.05) is 13.0 Å². The van der Waals surface area contributed by atoms with Gasteiger partial charge in [-0.15, -0.1) is 0 Å². The zero-order valence-corrected chi connectivity index (χ0v) is 18.3. The number of cyclic esters (lactones) is 1. The molecule has 0 saturated carbocycles. The first kappa shape index (κ1) is 20.1. The third-order valence-electron chi connectivity index (χ3n) is 6.93. The van der Waals surface area contributed by atoms with Crippen LogP contribution in [-0.2, 0) is 28.3 Å². The SMILES string of the molecule is CC[C@@]1(O)C(=O)OCc2c1cc1n(c2=O)Cc2c-1nc1cccc3c1c2N(CCO)C(C)=N3. The van der Waals surface area contributed by atoms with Crippen molar-refractivity contribution in [3.63, 3.8) is 0 Å². The molecule has 0 amide bonds. The van der Waals surface area contributed by atoms with Gasteiger partial charge in [0.2, 0.25) is 0 Å². The number of aliphatic hydroxyl groups is 2. The van der Waals surface area contributed by atoms with Gasteiger partial charge in [-0.3, -0.25) is 4.79 Å². The van der Waals surface area contributed by atoms with Gasteiger partial charge >= 0.3 is 5.97 Å². The summed E-state index contributed by atoms with van der Waals surface area (Å²) in [6.07, 6.45) is 0.0915. The lowest BCUT2D eigenvalue weighted by Gasteiger charge is -2.31. The summed E-state index contributed by atoms with van der Waals surface area (Å²) in [7, 11) is 0. The van der Waals surface area contributed by atoms with Crippen LogP contribution in [0, 0.1) is 0 Å². The summed E-state index contributed by atoms with van der Waals surface area (Å²) in [5.41, 5.74) is 2.86. The van der Waals surface area contributed by atoms with Crippen molar-refractivity contribution in [2.45, 2.75) is 39.0 Å². The fourth-order valence-electron chi connectivity index (χ4n) is 5.25. The van der Waals surface area contributed by atoms with Crippen LogP contribution in [0.5, 0.6) is 0 Å². The van der Waals surface area contributed by atoms with Crippen molar-refractivity contribution in [1.29, 1.82) is 0 Å². The van der Waals surface area contributed by atoms with Crippen LogP contribution in [0.2, 0.25) is 0 Å². The standard InChI is InChI=1S/C24H22N4O5/c1-3-24(32)15-9-18-20-13(10-28(18)22(30)14(15)11-33-23(24)31)21-19-16(5-4-6-17(19)26-20)25-12(2)27(21)7-8-29/h4-6,9,29,32H,3,7-8,10-11H2,1-2H3/t24-/m0/s1. The van der Waals surface area contributed by atoms with Crippen LogP contribution >= 0.6 is 0 Å². The van der Waals surface area contributed by atoms with Gasteiger partial charge in [0, 0.05) is 17.7 Å². The smallest absolute Gasteiger partial charge is 0.343 e. The normalized spacial score (nSPS) is 20.3. The minimum absolute atomic E-state index is 0.0577. The Morgan fingerprint density at radius 3 is 2.82 bits per heavy atom. The molecular weight excluding hydrogens is 424 g/mol. The first-order valence-electron chi connectivity index (χ1n) is 11.0. The number of ether oxygens (including phenoxy) is 1. The van der Waals surface area contributed by atoms with Crippen LogP contribution in [-0.4, -0.2) is 44.7 Å². The van der Waals surface area contributed by atoms with Gasteiger partial charge in [0.25, 0.3) is 5.56 Å². The number of aliphatic imine (C=N–C) groups is 1. The summed E-state index contributed by atoms with van der Waals surface area (Å²) in [6, 6.07) is 7.42. The van der Waals surface area contributed by atoms with Crippen LogP contribution in [0.1, 0.15) is 37.0 Å². The van der Waals surface area contributed by atoms with E-state index < -0.39 is 11.6 Å². The van der Waals surface area contributed by atoms with Crippen LogP contribution in [0.4, 0.5) is 11.4 Å². The van der Waals surface area contributed by atoms with Crippen LogP contribution < -0.4 is 10.5 Å². The highest BCUT2D eigenvalue weighted by Gasteiger charge is 2.45. The Labute approximate surface area is 188 Å². The van der Waals surface area contributed by atoms with Crippen molar-refractivity contribution in [1.82, 2.24) is 9.55 Å². The zero-order valence-electron chi connectivity index (χ0n) is 18.3. The molecule has 0 unspecified atom stereocenters. The number of benzene rings is 1. The number of carbonyl (C=O) groups excluding carboxylic acids is 1. The number of hydrogen-bond acceptors (Lipinski definition) is 8. The van der Waals surface area contributed by atoms with Gasteiger partial charge in [0.05, 0.1) is 52.4 Å². The molecule has 6 rings (SSSR count). The number of pyridine rings is 2. The number of rotatable bonds is 3. The largest absolute Gasteiger partial charge is 0.458 e. The molecule has 3 aliphatic rings. The van der Waals surface area contributed by atoms with Gasteiger partial charge in [0.15, 0.2) is 5.60 Å². The molecule has 3 aliphatic heterocycles. The Kier molecular flexibility index (Phi) is 4.09. The van der Waals surface area contributed by atoms with Crippen LogP contribution in [0.3, 0.4) is 0 Å². The van der Waals surface area contributed by atoms with Gasteiger partial charge in [-0.25, -0.2) is 14.8 Å². The van der Waals surface area contributed by atoms with Crippen molar-refractivity contribution in [2.24, 2.45) is 4.99 Å². The molecule has 9 heteroatoms. The number of amidine groups is 1. The first-order chi connectivity index (χ1) is 15.9. The molecule has 5 heterocycles. The topological polar surface area (TPSA) is 117 Å². The quantitative estimate of drug-likeness (QED) is 0.462. The van der Waals surface area contributed by atoms with Gasteiger partial charge < -0.3 is 24.4 Å². The second-order valence-corrected chi connectivity index (χ2v) is 8.60. The molecule has 33 heavy (non-hydrogen) atoms. The predicted molar refractivity (Wildman–Crippen MR) is 122 cm³/mol. The van der Waals surface area contributed by atoms with E-state index in [0.29, 0.717) is 29.1 Å². The van der Waals surface area contributed by atoms with Crippen LogP contribution in [0.15, 0.2) is 34.1 Å². The molecule has 1 atom stereocenters. The first-order valence-corrected chi connectivity index (χ1v) is 11.0. The highest BCUT2D eigenvalue weighted by atomic mass is 16.6. The van der Waals surface area contributed by atoms with E-state index in [9.17, 15) is 19.8 Å². The summed E-state index contributed by atoms with van der Waals surface area (Å²) < 4.78 is 6.78. The minimum Gasteiger partial charge on any atom is -0.458 e. The van der Waals surface area contributed by atoms with E-state index >= 15 is 0 Å². The number of carbonyl (C=O) groups is 1. The molecule has 0 radical (unpaired) electrons. The van der Waals surface area contributed by atoms with E-state index in [2.05, 4.69) is 0 Å². The number of anilines is 1. The third-order valence-corrected chi connectivity index (χ3v) is 6.93. The van der Waals surface area contributed by atoms with E-state index in [1.807, 2.05) is 30.0 Å². The molecule has 0 spiro atoms. The Balaban J connectivity index is 1.67. The summed E-state index contributed by atoms with van der Waals surface area (Å²) in [4.78, 5) is 37.4. The van der Waals surface area contributed by atoms with Crippen molar-refractivity contribution in [3.05, 3.63) is 51.3 Å². The lowest BCUT2D eigenvalue weighted by Crippen LogP contribution is -2.44. The van der Waals surface area contributed by atoms with E-state index in [1.165, 1.54) is 0 Å². The van der Waals surface area contributed by atoms with E-state index in [4.69, 9.17) is 14.7 Å². The summed E-state index contributed by atoms with van der Waals surface area (Å²) >= 11 is 0. The molecule has 2 N–H and O–H groups in total. The molecule has 1 aromatic carbocycles. The van der Waals surface area contributed by atoms with E-state index in [0.717, 1.165) is 33.7 Å². The molecule has 2 aromatic heterocycles. The highest BCUT2D eigenvalue weighted by molar-refractivity contribution is 6.15. The molecule has 0 saturated heterocycles. The van der Waals surface area contributed by atoms with Gasteiger partial charge in [-0.05, 0) is 31.5 Å². The molecule has 0 aliphatic carbocycles. The summed E-state index contributed by atoms with van der Waals surface area (Å²) in [5, 5.41) is 21.7. The lowest BCUT2D eigenvalue weighted by molar-refractivity contribution is -0.172. The van der Waals surface area contributed by atoms with Crippen molar-refractivity contribution >= 4 is 34.1 Å². The average molecular weight is 446 g/mol. The summed E-state index contributed by atoms with van der Waals surface area (Å²) in [5.74, 6) is 0.00614. The number of aromatic nitrogens is 2. The maximum absolute atomic E-state index is 13.5. The summed E-state index contributed by atoms with van der Waals surface area (Å²) in [6.45, 7) is 3.99. The Morgan fingerprint density at radius 2 is 2.06 bits per heavy atom. The minimum atomic E-state index is -1.87. The van der Waals surface area contributed by atoms with Gasteiger partial charge in [0.1, 0.15) is 12.4 Å². The molecule has 9 nitrogen and oxygen atoms in total. The van der Waals surface area contributed by atoms with Crippen LogP contribution in [0.25, 0.3) is 22.3 Å². The molecule has 3 aromatic rings. The fourth-order valence-corrected chi connectivity index (χ4v) is 5.25. The maximum atomic E-state index is 13.5. The molecule has 168 valence electrons. The molecule has 0 bridgehead atoms. The Hall–Kier alpha value is -3.56. The number of fused-ring (bicyclic) bond motifs is 5. The number of β-amino-alcohol motifs (C(OH)–C–C–N with tert-alkyl or cyclic N) is 1. The highest BCUT2D eigenvalue weighted by Crippen LogP contribution is 2.47. The number of esters is 1. The Bertz CT molecular complexity index is 1470. The predicted octanol–water partition coefficient (Wildman–Crippen LogP) is 1.94. The molecule has 0 fully saturated rings. The zero-order chi connectivity index (χ0) is 23.1. The van der Waals surface area contributed by atoms with Crippen molar-refractivity contribution < 1.29 is 19.7 Å². The monoisotopic (exact) mass is 446 g/mol.